The van der Waals surface area contributed by atoms with Crippen LogP contribution in [0.5, 0.6) is 0 Å². The molecule has 0 unspecified atom stereocenters. The summed E-state index contributed by atoms with van der Waals surface area (Å²) in [6.45, 7) is 5.22. The highest BCUT2D eigenvalue weighted by Gasteiger charge is 2.21. The number of carbonyl (C=O) groups excluding carboxylic acids is 1. The number of fused-ring (bicyclic) bond motifs is 2. The van der Waals surface area contributed by atoms with Gasteiger partial charge in [-0.3, -0.25) is 9.59 Å². The lowest BCUT2D eigenvalue weighted by Crippen LogP contribution is -2.36. The third kappa shape index (κ3) is 4.76. The third-order valence-electron chi connectivity index (χ3n) is 7.13. The number of aromatic nitrogens is 3. The summed E-state index contributed by atoms with van der Waals surface area (Å²) >= 11 is 6.35. The van der Waals surface area contributed by atoms with Crippen LogP contribution < -0.4 is 15.8 Å². The molecular formula is C27H29ClN6O3. The van der Waals surface area contributed by atoms with Crippen molar-refractivity contribution in [2.75, 3.05) is 56.2 Å². The van der Waals surface area contributed by atoms with Crippen molar-refractivity contribution >= 4 is 50.8 Å². The van der Waals surface area contributed by atoms with Gasteiger partial charge < -0.3 is 29.8 Å². The van der Waals surface area contributed by atoms with Gasteiger partial charge in [0.05, 0.1) is 35.5 Å². The summed E-state index contributed by atoms with van der Waals surface area (Å²) in [7, 11) is 0. The Kier molecular flexibility index (Phi) is 6.48. The minimum atomic E-state index is -0.237. The largest absolute Gasteiger partial charge is 0.384 e. The van der Waals surface area contributed by atoms with E-state index in [1.165, 1.54) is 0 Å². The fourth-order valence-corrected chi connectivity index (χ4v) is 5.41. The van der Waals surface area contributed by atoms with Crippen LogP contribution in [0.15, 0.2) is 41.2 Å². The quantitative estimate of drug-likeness (QED) is 0.318. The summed E-state index contributed by atoms with van der Waals surface area (Å²) in [5.74, 6) is 0.710. The zero-order valence-electron chi connectivity index (χ0n) is 20.5. The van der Waals surface area contributed by atoms with Gasteiger partial charge in [0.1, 0.15) is 11.4 Å². The van der Waals surface area contributed by atoms with Crippen molar-refractivity contribution in [3.63, 3.8) is 0 Å². The minimum absolute atomic E-state index is 0.216. The van der Waals surface area contributed by atoms with E-state index in [1.807, 2.05) is 23.1 Å². The monoisotopic (exact) mass is 520 g/mol. The van der Waals surface area contributed by atoms with Crippen LogP contribution in [0.25, 0.3) is 33.3 Å². The molecular weight excluding hydrogens is 492 g/mol. The van der Waals surface area contributed by atoms with E-state index >= 15 is 0 Å². The van der Waals surface area contributed by atoms with E-state index < -0.39 is 0 Å². The van der Waals surface area contributed by atoms with E-state index in [0.717, 1.165) is 54.6 Å². The summed E-state index contributed by atoms with van der Waals surface area (Å²) in [4.78, 5) is 40.6. The van der Waals surface area contributed by atoms with Crippen LogP contribution in [-0.4, -0.2) is 71.7 Å². The van der Waals surface area contributed by atoms with E-state index in [-0.39, 0.29) is 11.5 Å². The molecule has 2 aliphatic rings. The third-order valence-corrected chi connectivity index (χ3v) is 7.37. The maximum absolute atomic E-state index is 13.4. The van der Waals surface area contributed by atoms with Crippen LogP contribution in [-0.2, 0) is 9.53 Å². The number of halogens is 1. The van der Waals surface area contributed by atoms with E-state index in [1.54, 1.807) is 6.07 Å². The summed E-state index contributed by atoms with van der Waals surface area (Å²) in [6.07, 6.45) is 2.32. The maximum atomic E-state index is 13.4. The number of nitrogens with one attached hydrogen (secondary N) is 3. The Morgan fingerprint density at radius 2 is 1.89 bits per heavy atom. The lowest BCUT2D eigenvalue weighted by atomic mass is 10.1. The average Bonchev–Trinajstić information content (AvgIpc) is 3.52. The molecule has 4 heterocycles. The zero-order valence-corrected chi connectivity index (χ0v) is 21.2. The van der Waals surface area contributed by atoms with Crippen LogP contribution in [0.4, 0.5) is 11.4 Å². The van der Waals surface area contributed by atoms with Crippen molar-refractivity contribution in [1.29, 1.82) is 0 Å². The van der Waals surface area contributed by atoms with Crippen molar-refractivity contribution in [3.8, 4) is 11.4 Å². The van der Waals surface area contributed by atoms with Crippen molar-refractivity contribution in [3.05, 3.63) is 51.8 Å². The number of pyridine rings is 1. The topological polar surface area (TPSA) is 106 Å². The first-order chi connectivity index (χ1) is 18.1. The second kappa shape index (κ2) is 10.1. The number of H-pyrrole nitrogens is 2. The van der Waals surface area contributed by atoms with Gasteiger partial charge in [-0.2, -0.15) is 0 Å². The highest BCUT2D eigenvalue weighted by molar-refractivity contribution is 6.31. The molecule has 0 spiro atoms. The van der Waals surface area contributed by atoms with E-state index in [0.29, 0.717) is 60.3 Å². The van der Waals surface area contributed by atoms with E-state index in [4.69, 9.17) is 21.3 Å². The highest BCUT2D eigenvalue weighted by Crippen LogP contribution is 2.33. The number of hydrogen-bond acceptors (Lipinski definition) is 6. The van der Waals surface area contributed by atoms with Gasteiger partial charge in [-0.1, -0.05) is 11.6 Å². The number of nitrogens with zero attached hydrogens (tertiary/aromatic N) is 3. The summed E-state index contributed by atoms with van der Waals surface area (Å²) in [5, 5.41) is 4.86. The number of anilines is 2. The molecule has 2 saturated heterocycles. The molecule has 2 aromatic carbocycles. The molecule has 9 nitrogen and oxygen atoms in total. The second-order valence-corrected chi connectivity index (χ2v) is 9.98. The highest BCUT2D eigenvalue weighted by atomic mass is 35.5. The number of hydrogen-bond donors (Lipinski definition) is 3. The zero-order chi connectivity index (χ0) is 25.4. The molecule has 2 aromatic heterocycles. The molecule has 2 fully saturated rings. The molecule has 10 heteroatoms. The molecule has 192 valence electrons. The SMILES string of the molecule is O=C1CCCN1CCCNc1c(-c2nc3ccc(N4CCOCC4)cc3[nH]2)c(=O)[nH]c2ccc(Cl)cc12. The molecule has 3 N–H and O–H groups in total. The smallest absolute Gasteiger partial charge is 0.261 e. The van der Waals surface area contributed by atoms with Gasteiger partial charge in [0.15, 0.2) is 0 Å². The number of rotatable bonds is 7. The Morgan fingerprint density at radius 1 is 1.03 bits per heavy atom. The molecule has 0 aliphatic carbocycles. The van der Waals surface area contributed by atoms with Crippen LogP contribution in [0, 0.1) is 0 Å². The number of aromatic amines is 2. The van der Waals surface area contributed by atoms with Gasteiger partial charge in [-0.25, -0.2) is 4.98 Å². The first-order valence-electron chi connectivity index (χ1n) is 12.8. The molecule has 0 radical (unpaired) electrons. The Hall–Kier alpha value is -3.56. The van der Waals surface area contributed by atoms with Crippen LogP contribution in [0.3, 0.4) is 0 Å². The number of morpholine rings is 1. The van der Waals surface area contributed by atoms with Gasteiger partial charge in [0.2, 0.25) is 5.91 Å². The van der Waals surface area contributed by atoms with Crippen molar-refractivity contribution in [2.24, 2.45) is 0 Å². The maximum Gasteiger partial charge on any atom is 0.261 e. The van der Waals surface area contributed by atoms with Crippen LogP contribution in [0.1, 0.15) is 19.3 Å². The number of amides is 1. The number of imidazole rings is 1. The van der Waals surface area contributed by atoms with Gasteiger partial charge in [0, 0.05) is 55.2 Å². The Morgan fingerprint density at radius 3 is 2.70 bits per heavy atom. The van der Waals surface area contributed by atoms with Gasteiger partial charge in [-0.05, 0) is 49.2 Å². The first kappa shape index (κ1) is 23.8. The first-order valence-corrected chi connectivity index (χ1v) is 13.1. The summed E-state index contributed by atoms with van der Waals surface area (Å²) in [6, 6.07) is 11.5. The van der Waals surface area contributed by atoms with Crippen LogP contribution >= 0.6 is 11.6 Å². The molecule has 4 aromatic rings. The number of carbonyl (C=O) groups is 1. The molecule has 0 bridgehead atoms. The Labute approximate surface area is 218 Å². The standard InChI is InChI=1S/C27H29ClN6O3/c28-17-4-6-20-19(15-17)25(29-8-2-10-34-9-1-3-23(34)35)24(27(36)32-20)26-30-21-7-5-18(16-22(21)31-26)33-11-13-37-14-12-33/h4-7,15-16H,1-3,8-14H2,(H,30,31)(H2,29,32,36). The fourth-order valence-electron chi connectivity index (χ4n) is 5.23. The van der Waals surface area contributed by atoms with E-state index in [2.05, 4.69) is 32.3 Å². The summed E-state index contributed by atoms with van der Waals surface area (Å²) in [5.41, 5.74) is 4.33. The van der Waals surface area contributed by atoms with Gasteiger partial charge in [-0.15, -0.1) is 0 Å². The molecule has 0 saturated carbocycles. The average molecular weight is 521 g/mol. The lowest BCUT2D eigenvalue weighted by Gasteiger charge is -2.28. The predicted octanol–water partition coefficient (Wildman–Crippen LogP) is 3.99. The minimum Gasteiger partial charge on any atom is -0.384 e. The van der Waals surface area contributed by atoms with Crippen molar-refractivity contribution < 1.29 is 9.53 Å². The van der Waals surface area contributed by atoms with Crippen molar-refractivity contribution in [2.45, 2.75) is 19.3 Å². The van der Waals surface area contributed by atoms with Gasteiger partial charge in [0.25, 0.3) is 5.56 Å². The summed E-state index contributed by atoms with van der Waals surface area (Å²) < 4.78 is 5.48. The molecule has 2 aliphatic heterocycles. The number of likely N-dealkylation sites (tertiary alicyclic amines) is 1. The van der Waals surface area contributed by atoms with E-state index in [9.17, 15) is 9.59 Å². The second-order valence-electron chi connectivity index (χ2n) is 9.54. The van der Waals surface area contributed by atoms with Crippen molar-refractivity contribution in [1.82, 2.24) is 19.9 Å². The molecule has 0 atom stereocenters. The van der Waals surface area contributed by atoms with Gasteiger partial charge >= 0.3 is 0 Å². The number of ether oxygens (including phenoxy) is 1. The Balaban J connectivity index is 1.35. The van der Waals surface area contributed by atoms with Crippen LogP contribution in [0.2, 0.25) is 5.02 Å². The fraction of sp³-hybridized carbons (Fsp3) is 0.370. The predicted molar refractivity (Wildman–Crippen MR) is 147 cm³/mol. The Bertz CT molecular complexity index is 1520. The molecule has 1 amide bonds. The normalized spacial score (nSPS) is 16.3. The number of benzene rings is 2. The molecule has 37 heavy (non-hydrogen) atoms. The lowest BCUT2D eigenvalue weighted by molar-refractivity contribution is -0.127. The molecule has 6 rings (SSSR count).